The summed E-state index contributed by atoms with van der Waals surface area (Å²) in [5.74, 6) is 1.31. The first-order chi connectivity index (χ1) is 14.0. The number of carbonyl (C=O) groups is 1. The number of aromatic nitrogens is 1. The van der Waals surface area contributed by atoms with Gasteiger partial charge in [0.1, 0.15) is 13.2 Å². The van der Waals surface area contributed by atoms with E-state index in [1.807, 2.05) is 26.2 Å². The molecule has 3 aromatic rings. The highest BCUT2D eigenvalue weighted by molar-refractivity contribution is 7.22. The number of carbonyl (C=O) groups excluding carboxylic acids is 1. The number of benzene rings is 2. The molecule has 0 saturated carbocycles. The topological polar surface area (TPSA) is 54.9 Å². The molecule has 9 heteroatoms. The maximum Gasteiger partial charge on any atom is 0.260 e. The van der Waals surface area contributed by atoms with Gasteiger partial charge >= 0.3 is 0 Å². The van der Waals surface area contributed by atoms with E-state index in [-0.39, 0.29) is 18.3 Å². The predicted octanol–water partition coefficient (Wildman–Crippen LogP) is 4.74. The quantitative estimate of drug-likeness (QED) is 0.523. The summed E-state index contributed by atoms with van der Waals surface area (Å²) < 4.78 is 12.3. The summed E-state index contributed by atoms with van der Waals surface area (Å²) >= 11 is 7.58. The van der Waals surface area contributed by atoms with Crippen molar-refractivity contribution in [1.82, 2.24) is 9.88 Å². The summed E-state index contributed by atoms with van der Waals surface area (Å²) in [4.78, 5) is 21.8. The normalized spacial score (nSPS) is 12.7. The zero-order valence-corrected chi connectivity index (χ0v) is 19.1. The Kier molecular flexibility index (Phi) is 7.41. The van der Waals surface area contributed by atoms with Crippen molar-refractivity contribution in [2.75, 3.05) is 45.3 Å². The van der Waals surface area contributed by atoms with Gasteiger partial charge in [-0.1, -0.05) is 29.0 Å². The molecule has 0 radical (unpaired) electrons. The Bertz CT molecular complexity index is 999. The van der Waals surface area contributed by atoms with Crippen molar-refractivity contribution in [2.45, 2.75) is 6.42 Å². The van der Waals surface area contributed by atoms with Crippen LogP contribution in [0.2, 0.25) is 5.02 Å². The summed E-state index contributed by atoms with van der Waals surface area (Å²) in [5.41, 5.74) is 1.35. The Morgan fingerprint density at radius 1 is 1.13 bits per heavy atom. The van der Waals surface area contributed by atoms with Gasteiger partial charge in [0.15, 0.2) is 16.6 Å². The highest BCUT2D eigenvalue weighted by Gasteiger charge is 2.23. The molecular weight excluding hydrogens is 445 g/mol. The lowest BCUT2D eigenvalue weighted by Crippen LogP contribution is -2.33. The highest BCUT2D eigenvalue weighted by atomic mass is 35.5. The molecule has 0 saturated heterocycles. The Morgan fingerprint density at radius 2 is 1.87 bits per heavy atom. The van der Waals surface area contributed by atoms with E-state index in [9.17, 15) is 4.79 Å². The van der Waals surface area contributed by atoms with Crippen molar-refractivity contribution in [1.29, 1.82) is 0 Å². The maximum atomic E-state index is 13.3. The van der Waals surface area contributed by atoms with E-state index in [4.69, 9.17) is 26.1 Å². The molecule has 160 valence electrons. The van der Waals surface area contributed by atoms with Crippen LogP contribution in [0.25, 0.3) is 10.2 Å². The Hall–Kier alpha value is -2.06. The van der Waals surface area contributed by atoms with Crippen LogP contribution in [-0.4, -0.2) is 56.2 Å². The molecule has 0 aliphatic carbocycles. The van der Waals surface area contributed by atoms with Gasteiger partial charge in [-0.3, -0.25) is 9.69 Å². The number of anilines is 1. The molecule has 4 rings (SSSR count). The average Bonchev–Trinajstić information content (AvgIpc) is 3.11. The molecule has 1 aliphatic heterocycles. The largest absolute Gasteiger partial charge is 0.486 e. The Morgan fingerprint density at radius 3 is 2.57 bits per heavy atom. The molecule has 1 aliphatic rings. The van der Waals surface area contributed by atoms with Gasteiger partial charge in [0, 0.05) is 29.3 Å². The second-order valence-electron chi connectivity index (χ2n) is 7.08. The first-order valence-corrected chi connectivity index (χ1v) is 10.6. The monoisotopic (exact) mass is 467 g/mol. The summed E-state index contributed by atoms with van der Waals surface area (Å²) in [6.07, 6.45) is 0.831. The van der Waals surface area contributed by atoms with E-state index in [2.05, 4.69) is 4.90 Å². The van der Waals surface area contributed by atoms with Crippen molar-refractivity contribution in [3.63, 3.8) is 0 Å². The second kappa shape index (κ2) is 9.83. The molecule has 1 amide bonds. The zero-order chi connectivity index (χ0) is 20.4. The molecule has 2 heterocycles. The van der Waals surface area contributed by atoms with E-state index >= 15 is 0 Å². The van der Waals surface area contributed by atoms with Gasteiger partial charge < -0.3 is 14.4 Å². The van der Waals surface area contributed by atoms with Crippen LogP contribution < -0.4 is 14.4 Å². The summed E-state index contributed by atoms with van der Waals surface area (Å²) in [6.45, 7) is 2.50. The zero-order valence-electron chi connectivity index (χ0n) is 16.8. The fourth-order valence-electron chi connectivity index (χ4n) is 3.17. The van der Waals surface area contributed by atoms with Crippen LogP contribution in [0.1, 0.15) is 16.8 Å². The fraction of sp³-hybridized carbons (Fsp3) is 0.333. The Labute approximate surface area is 190 Å². The number of hydrogen-bond donors (Lipinski definition) is 0. The molecule has 0 fully saturated rings. The van der Waals surface area contributed by atoms with E-state index in [1.165, 1.54) is 11.3 Å². The van der Waals surface area contributed by atoms with E-state index in [1.54, 1.807) is 29.2 Å². The molecule has 6 nitrogen and oxygen atoms in total. The van der Waals surface area contributed by atoms with Crippen molar-refractivity contribution < 1.29 is 14.3 Å². The van der Waals surface area contributed by atoms with Crippen LogP contribution in [-0.2, 0) is 0 Å². The lowest BCUT2D eigenvalue weighted by Gasteiger charge is -2.21. The molecular formula is C21H23Cl2N3O3S. The van der Waals surface area contributed by atoms with Crippen LogP contribution in [0, 0.1) is 0 Å². The number of ether oxygens (including phenoxy) is 2. The number of thiazole rings is 1. The number of nitrogens with zero attached hydrogens (tertiary/aromatic N) is 3. The van der Waals surface area contributed by atoms with Crippen LogP contribution >= 0.6 is 35.3 Å². The number of hydrogen-bond acceptors (Lipinski definition) is 6. The summed E-state index contributed by atoms with van der Waals surface area (Å²) in [6, 6.07) is 10.8. The lowest BCUT2D eigenvalue weighted by molar-refractivity contribution is 0.0986. The van der Waals surface area contributed by atoms with Gasteiger partial charge in [-0.2, -0.15) is 0 Å². The molecule has 30 heavy (non-hydrogen) atoms. The second-order valence-corrected chi connectivity index (χ2v) is 8.53. The van der Waals surface area contributed by atoms with Crippen LogP contribution in [0.15, 0.2) is 36.4 Å². The van der Waals surface area contributed by atoms with Crippen molar-refractivity contribution in [3.05, 3.63) is 47.0 Å². The van der Waals surface area contributed by atoms with Gasteiger partial charge in [-0.05, 0) is 45.3 Å². The highest BCUT2D eigenvalue weighted by Crippen LogP contribution is 2.39. The van der Waals surface area contributed by atoms with Crippen LogP contribution in [0.4, 0.5) is 5.13 Å². The van der Waals surface area contributed by atoms with Crippen molar-refractivity contribution >= 4 is 56.6 Å². The molecule has 0 N–H and O–H groups in total. The minimum atomic E-state index is -0.109. The Balaban J connectivity index is 0.00000256. The minimum absolute atomic E-state index is 0. The van der Waals surface area contributed by atoms with Crippen molar-refractivity contribution in [2.24, 2.45) is 0 Å². The molecule has 0 spiro atoms. The first-order valence-electron chi connectivity index (χ1n) is 9.43. The third-order valence-electron chi connectivity index (χ3n) is 4.58. The van der Waals surface area contributed by atoms with Crippen molar-refractivity contribution in [3.8, 4) is 11.5 Å². The number of halogens is 2. The van der Waals surface area contributed by atoms with E-state index in [0.717, 1.165) is 28.9 Å². The first kappa shape index (κ1) is 22.6. The molecule has 1 aromatic heterocycles. The van der Waals surface area contributed by atoms with Crippen LogP contribution in [0.3, 0.4) is 0 Å². The molecule has 0 atom stereocenters. The summed E-state index contributed by atoms with van der Waals surface area (Å²) in [7, 11) is 4.04. The fourth-order valence-corrected chi connectivity index (χ4v) is 4.37. The predicted molar refractivity (Wildman–Crippen MR) is 124 cm³/mol. The number of rotatable bonds is 6. The number of fused-ring (bicyclic) bond motifs is 2. The molecule has 2 aromatic carbocycles. The van der Waals surface area contributed by atoms with Gasteiger partial charge in [-0.25, -0.2) is 4.98 Å². The molecule has 0 bridgehead atoms. The standard InChI is InChI=1S/C21H22ClN3O3S.ClH/c1-24(2)7-4-8-25(20(26)14-5-3-6-15(22)11-14)21-23-16-12-17-18(13-19(16)29-21)28-10-9-27-17;/h3,5-6,11-13H,4,7-10H2,1-2H3;1H. The lowest BCUT2D eigenvalue weighted by atomic mass is 10.2. The van der Waals surface area contributed by atoms with Gasteiger partial charge in [-0.15, -0.1) is 12.4 Å². The van der Waals surface area contributed by atoms with Crippen LogP contribution in [0.5, 0.6) is 11.5 Å². The minimum Gasteiger partial charge on any atom is -0.486 e. The third kappa shape index (κ3) is 4.98. The maximum absolute atomic E-state index is 13.3. The van der Waals surface area contributed by atoms with Gasteiger partial charge in [0.2, 0.25) is 0 Å². The SMILES string of the molecule is CN(C)CCCN(C(=O)c1cccc(Cl)c1)c1nc2cc3c(cc2s1)OCCO3.Cl. The van der Waals surface area contributed by atoms with Gasteiger partial charge in [0.25, 0.3) is 5.91 Å². The third-order valence-corrected chi connectivity index (χ3v) is 5.85. The number of amides is 1. The average molecular weight is 468 g/mol. The summed E-state index contributed by atoms with van der Waals surface area (Å²) in [5, 5.41) is 1.20. The molecule has 0 unspecified atom stereocenters. The smallest absolute Gasteiger partial charge is 0.260 e. The van der Waals surface area contributed by atoms with Gasteiger partial charge in [0.05, 0.1) is 10.2 Å². The van der Waals surface area contributed by atoms with E-state index < -0.39 is 0 Å². The van der Waals surface area contributed by atoms with E-state index in [0.29, 0.717) is 41.2 Å².